The third-order valence-corrected chi connectivity index (χ3v) is 4.96. The second kappa shape index (κ2) is 8.20. The number of benzene rings is 1. The molecule has 7 nitrogen and oxygen atoms in total. The zero-order valence-corrected chi connectivity index (χ0v) is 19.4. The van der Waals surface area contributed by atoms with Gasteiger partial charge in [-0.25, -0.2) is 9.59 Å². The molecule has 1 aromatic carbocycles. The van der Waals surface area contributed by atoms with E-state index >= 15 is 0 Å². The molecular formula is C21H30O7Si. The second-order valence-corrected chi connectivity index (χ2v) is 13.2. The number of hydrogen-bond acceptors (Lipinski definition) is 7. The number of methoxy groups -OCH3 is 2. The fourth-order valence-electron chi connectivity index (χ4n) is 3.10. The third kappa shape index (κ3) is 5.00. The molecule has 0 fully saturated rings. The van der Waals surface area contributed by atoms with E-state index in [0.29, 0.717) is 11.3 Å². The molecule has 1 atom stereocenters. The smallest absolute Gasteiger partial charge is 0.345 e. The first kappa shape index (κ1) is 23.0. The molecule has 1 aromatic rings. The minimum atomic E-state index is -2.33. The summed E-state index contributed by atoms with van der Waals surface area (Å²) in [6.45, 7) is 10.8. The van der Waals surface area contributed by atoms with Crippen molar-refractivity contribution in [3.8, 4) is 5.75 Å². The van der Waals surface area contributed by atoms with Crippen molar-refractivity contribution in [3.63, 3.8) is 0 Å². The maximum absolute atomic E-state index is 13.3. The predicted molar refractivity (Wildman–Crippen MR) is 111 cm³/mol. The predicted octanol–water partition coefficient (Wildman–Crippen LogP) is 3.54. The van der Waals surface area contributed by atoms with E-state index in [2.05, 4.69) is 0 Å². The van der Waals surface area contributed by atoms with E-state index in [-0.39, 0.29) is 17.9 Å². The molecule has 0 bridgehead atoms. The molecule has 1 aliphatic rings. The Morgan fingerprint density at radius 2 is 1.72 bits per heavy atom. The van der Waals surface area contributed by atoms with Crippen LogP contribution in [0.25, 0.3) is 5.76 Å². The van der Waals surface area contributed by atoms with E-state index in [0.717, 1.165) is 0 Å². The summed E-state index contributed by atoms with van der Waals surface area (Å²) in [7, 11) is 0.450. The van der Waals surface area contributed by atoms with Gasteiger partial charge in [0, 0.05) is 0 Å². The lowest BCUT2D eigenvalue weighted by atomic mass is 9.93. The van der Waals surface area contributed by atoms with Crippen molar-refractivity contribution in [3.05, 3.63) is 35.4 Å². The first-order chi connectivity index (χ1) is 13.3. The fourth-order valence-corrected chi connectivity index (χ4v) is 4.39. The van der Waals surface area contributed by atoms with Gasteiger partial charge in [0.25, 0.3) is 0 Å². The van der Waals surface area contributed by atoms with Gasteiger partial charge in [-0.15, -0.1) is 0 Å². The maximum atomic E-state index is 13.3. The average molecular weight is 423 g/mol. The molecule has 1 heterocycles. The van der Waals surface area contributed by atoms with Crippen LogP contribution in [-0.4, -0.2) is 52.3 Å². The Labute approximate surface area is 173 Å². The summed E-state index contributed by atoms with van der Waals surface area (Å²) in [5, 5.41) is 0. The highest BCUT2D eigenvalue weighted by molar-refractivity contribution is 6.70. The Kier molecular flexibility index (Phi) is 6.49. The van der Waals surface area contributed by atoms with Gasteiger partial charge in [0.1, 0.15) is 29.3 Å². The molecule has 0 saturated heterocycles. The minimum absolute atomic E-state index is 0.00815. The highest BCUT2D eigenvalue weighted by atomic mass is 28.4. The van der Waals surface area contributed by atoms with Gasteiger partial charge in [-0.2, -0.15) is 0 Å². The van der Waals surface area contributed by atoms with Crippen LogP contribution in [0.5, 0.6) is 5.75 Å². The van der Waals surface area contributed by atoms with Crippen LogP contribution < -0.4 is 4.74 Å². The number of esters is 2. The third-order valence-electron chi connectivity index (χ3n) is 4.00. The number of hydrogen-bond donors (Lipinski definition) is 0. The molecule has 2 rings (SSSR count). The van der Waals surface area contributed by atoms with E-state index in [1.807, 2.05) is 19.6 Å². The maximum Gasteiger partial charge on any atom is 0.345 e. The van der Waals surface area contributed by atoms with E-state index in [1.54, 1.807) is 45.0 Å². The number of carbonyl (C=O) groups is 2. The molecule has 0 spiro atoms. The topological polar surface area (TPSA) is 80.3 Å². The summed E-state index contributed by atoms with van der Waals surface area (Å²) in [6.07, 6.45) is 0. The van der Waals surface area contributed by atoms with E-state index < -0.39 is 31.5 Å². The van der Waals surface area contributed by atoms with Crippen molar-refractivity contribution >= 4 is 26.0 Å². The van der Waals surface area contributed by atoms with Gasteiger partial charge in [0.15, 0.2) is 8.32 Å². The molecule has 1 unspecified atom stereocenters. The lowest BCUT2D eigenvalue weighted by molar-refractivity contribution is -0.164. The van der Waals surface area contributed by atoms with Crippen LogP contribution in [0.3, 0.4) is 0 Å². The van der Waals surface area contributed by atoms with Crippen molar-refractivity contribution in [2.45, 2.75) is 51.6 Å². The van der Waals surface area contributed by atoms with E-state index in [1.165, 1.54) is 14.2 Å². The van der Waals surface area contributed by atoms with Gasteiger partial charge in [-0.05, 0) is 52.5 Å². The van der Waals surface area contributed by atoms with Crippen LogP contribution >= 0.6 is 0 Å². The van der Waals surface area contributed by atoms with E-state index in [4.69, 9.17) is 23.4 Å². The summed E-state index contributed by atoms with van der Waals surface area (Å²) < 4.78 is 28.3. The van der Waals surface area contributed by atoms with E-state index in [9.17, 15) is 9.59 Å². The molecule has 8 heteroatoms. The first-order valence-corrected chi connectivity index (χ1v) is 12.8. The van der Waals surface area contributed by atoms with Crippen molar-refractivity contribution in [2.75, 3.05) is 20.8 Å². The van der Waals surface area contributed by atoms with Crippen LogP contribution in [-0.2, 0) is 28.2 Å². The van der Waals surface area contributed by atoms with Crippen molar-refractivity contribution < 1.29 is 33.0 Å². The molecule has 0 aliphatic carbocycles. The van der Waals surface area contributed by atoms with Gasteiger partial charge in [-0.1, -0.05) is 12.1 Å². The van der Waals surface area contributed by atoms with Crippen molar-refractivity contribution in [1.29, 1.82) is 0 Å². The molecule has 29 heavy (non-hydrogen) atoms. The summed E-state index contributed by atoms with van der Waals surface area (Å²) in [4.78, 5) is 26.2. The first-order valence-electron chi connectivity index (χ1n) is 9.37. The van der Waals surface area contributed by atoms with Gasteiger partial charge in [0.2, 0.25) is 5.60 Å². The Balaban J connectivity index is 2.78. The van der Waals surface area contributed by atoms with Gasteiger partial charge in [0.05, 0.1) is 19.8 Å². The Morgan fingerprint density at radius 1 is 1.10 bits per heavy atom. The lowest BCUT2D eigenvalue weighted by Gasteiger charge is -2.34. The quantitative estimate of drug-likeness (QED) is 0.512. The molecular weight excluding hydrogens is 392 g/mol. The standard InChI is InChI=1S/C21H30O7Si/c1-20(2,3)27-18(22)16-17(14-11-9-10-12-15(14)24-4)26-13-21(16,19(23)25-5)28-29(6,7)8/h9-12H,13H2,1-8H3. The SMILES string of the molecule is COC(=O)C1(O[Si](C)(C)C)COC(c2ccccc2OC)=C1C(=O)OC(C)(C)C. The molecule has 1 aliphatic heterocycles. The lowest BCUT2D eigenvalue weighted by Crippen LogP contribution is -2.53. The van der Waals surface area contributed by atoms with Gasteiger partial charge < -0.3 is 23.4 Å². The normalized spacial score (nSPS) is 19.6. The summed E-state index contributed by atoms with van der Waals surface area (Å²) in [6, 6.07) is 7.09. The van der Waals surface area contributed by atoms with Crippen LogP contribution in [0.1, 0.15) is 26.3 Å². The van der Waals surface area contributed by atoms with Crippen molar-refractivity contribution in [2.24, 2.45) is 0 Å². The van der Waals surface area contributed by atoms with Crippen molar-refractivity contribution in [1.82, 2.24) is 0 Å². The summed E-state index contributed by atoms with van der Waals surface area (Å²) in [5.74, 6) is -0.706. The summed E-state index contributed by atoms with van der Waals surface area (Å²) >= 11 is 0. The second-order valence-electron chi connectivity index (χ2n) is 8.73. The van der Waals surface area contributed by atoms with Gasteiger partial charge in [-0.3, -0.25) is 0 Å². The summed E-state index contributed by atoms with van der Waals surface area (Å²) in [5.41, 5.74) is -1.97. The van der Waals surface area contributed by atoms with Crippen LogP contribution in [0.15, 0.2) is 29.8 Å². The number of ether oxygens (including phenoxy) is 4. The molecule has 160 valence electrons. The minimum Gasteiger partial charge on any atom is -0.496 e. The highest BCUT2D eigenvalue weighted by Crippen LogP contribution is 2.43. The van der Waals surface area contributed by atoms with Crippen LogP contribution in [0.2, 0.25) is 19.6 Å². The Bertz CT molecular complexity index is 817. The number of rotatable bonds is 6. The molecule has 0 radical (unpaired) electrons. The largest absolute Gasteiger partial charge is 0.496 e. The molecule has 0 saturated carbocycles. The molecule has 0 aromatic heterocycles. The fraction of sp³-hybridized carbons (Fsp3) is 0.524. The zero-order chi connectivity index (χ0) is 22.0. The molecule has 0 N–H and O–H groups in total. The van der Waals surface area contributed by atoms with Gasteiger partial charge >= 0.3 is 11.9 Å². The number of carbonyl (C=O) groups excluding carboxylic acids is 2. The zero-order valence-electron chi connectivity index (χ0n) is 18.4. The monoisotopic (exact) mass is 422 g/mol. The van der Waals surface area contributed by atoms with Crippen LogP contribution in [0.4, 0.5) is 0 Å². The highest BCUT2D eigenvalue weighted by Gasteiger charge is 2.58. The Hall–Kier alpha value is -2.32. The van der Waals surface area contributed by atoms with Crippen LogP contribution in [0, 0.1) is 0 Å². The Morgan fingerprint density at radius 3 is 2.24 bits per heavy atom. The molecule has 0 amide bonds. The number of para-hydroxylation sites is 1. The average Bonchev–Trinajstić information content (AvgIpc) is 2.97.